The number of hydrogen-bond acceptors (Lipinski definition) is 3. The minimum Gasteiger partial charge on any atom is -0.396 e. The number of rotatable bonds is 5. The van der Waals surface area contributed by atoms with Gasteiger partial charge in [0.15, 0.2) is 0 Å². The van der Waals surface area contributed by atoms with Crippen molar-refractivity contribution >= 4 is 17.4 Å². The average Bonchev–Trinajstić information content (AvgIpc) is 2.87. The van der Waals surface area contributed by atoms with Gasteiger partial charge in [0.05, 0.1) is 0 Å². The van der Waals surface area contributed by atoms with Crippen LogP contribution in [0.15, 0.2) is 17.5 Å². The summed E-state index contributed by atoms with van der Waals surface area (Å²) in [6.45, 7) is 0.157. The molecule has 2 nitrogen and oxygen atoms in total. The van der Waals surface area contributed by atoms with Gasteiger partial charge in [0.2, 0.25) is 0 Å². The van der Waals surface area contributed by atoms with Crippen LogP contribution in [0.25, 0.3) is 6.08 Å². The standard InChI is InChI=1S/C15H23NOS/c16-15(8-9-17)13-10-14(18-11-13)7-6-12-4-2-1-3-5-12/h6-7,10-12,15,17H,1-5,8-9,16H2/b7-6+. The number of hydrogen-bond donors (Lipinski definition) is 2. The third kappa shape index (κ3) is 3.94. The normalized spacial score (nSPS) is 19.4. The summed E-state index contributed by atoms with van der Waals surface area (Å²) in [7, 11) is 0. The van der Waals surface area contributed by atoms with Crippen LogP contribution in [0, 0.1) is 5.92 Å². The molecule has 0 amide bonds. The second-order valence-electron chi connectivity index (χ2n) is 5.16. The molecule has 1 fully saturated rings. The first kappa shape index (κ1) is 13.8. The zero-order valence-corrected chi connectivity index (χ0v) is 11.7. The van der Waals surface area contributed by atoms with Crippen LogP contribution in [0.2, 0.25) is 0 Å². The summed E-state index contributed by atoms with van der Waals surface area (Å²) < 4.78 is 0. The summed E-state index contributed by atoms with van der Waals surface area (Å²) in [5.74, 6) is 0.774. The van der Waals surface area contributed by atoms with Gasteiger partial charge in [-0.05, 0) is 48.3 Å². The van der Waals surface area contributed by atoms with Gasteiger partial charge in [0.25, 0.3) is 0 Å². The average molecular weight is 265 g/mol. The van der Waals surface area contributed by atoms with Crippen LogP contribution in [0.4, 0.5) is 0 Å². The monoisotopic (exact) mass is 265 g/mol. The maximum atomic E-state index is 8.89. The Labute approximate surface area is 114 Å². The van der Waals surface area contributed by atoms with E-state index in [9.17, 15) is 0 Å². The van der Waals surface area contributed by atoms with Gasteiger partial charge in [-0.15, -0.1) is 11.3 Å². The van der Waals surface area contributed by atoms with E-state index in [0.29, 0.717) is 6.42 Å². The fourth-order valence-electron chi connectivity index (χ4n) is 2.51. The molecule has 3 N–H and O–H groups in total. The van der Waals surface area contributed by atoms with Crippen LogP contribution in [0.1, 0.15) is 55.0 Å². The lowest BCUT2D eigenvalue weighted by atomic mass is 9.89. The molecule has 1 aliphatic carbocycles. The van der Waals surface area contributed by atoms with E-state index in [2.05, 4.69) is 23.6 Å². The number of aliphatic hydroxyl groups is 1. The Balaban J connectivity index is 1.91. The highest BCUT2D eigenvalue weighted by Crippen LogP contribution is 2.27. The zero-order chi connectivity index (χ0) is 12.8. The number of aliphatic hydroxyl groups excluding tert-OH is 1. The first-order chi connectivity index (χ1) is 8.79. The quantitative estimate of drug-likeness (QED) is 0.852. The Morgan fingerprint density at radius 2 is 2.17 bits per heavy atom. The zero-order valence-electron chi connectivity index (χ0n) is 10.8. The van der Waals surface area contributed by atoms with Gasteiger partial charge >= 0.3 is 0 Å². The minimum absolute atomic E-state index is 0.0249. The van der Waals surface area contributed by atoms with Crippen LogP contribution in [-0.2, 0) is 0 Å². The SMILES string of the molecule is NC(CCO)c1csc(/C=C/C2CCCCC2)c1. The molecule has 1 saturated carbocycles. The molecule has 1 unspecified atom stereocenters. The van der Waals surface area contributed by atoms with E-state index in [1.165, 1.54) is 37.0 Å². The fourth-order valence-corrected chi connectivity index (χ4v) is 3.39. The summed E-state index contributed by atoms with van der Waals surface area (Å²) in [5, 5.41) is 11.0. The molecule has 0 radical (unpaired) electrons. The second-order valence-corrected chi connectivity index (χ2v) is 6.10. The predicted molar refractivity (Wildman–Crippen MR) is 78.6 cm³/mol. The summed E-state index contributed by atoms with van der Waals surface area (Å²) in [6, 6.07) is 2.13. The molecule has 1 heterocycles. The second kappa shape index (κ2) is 7.07. The Morgan fingerprint density at radius 1 is 1.39 bits per heavy atom. The lowest BCUT2D eigenvalue weighted by Gasteiger charge is -2.17. The summed E-state index contributed by atoms with van der Waals surface area (Å²) >= 11 is 1.74. The number of thiophene rings is 1. The van der Waals surface area contributed by atoms with Crippen LogP contribution in [0.3, 0.4) is 0 Å². The Morgan fingerprint density at radius 3 is 2.89 bits per heavy atom. The molecule has 0 saturated heterocycles. The van der Waals surface area contributed by atoms with E-state index in [1.54, 1.807) is 11.3 Å². The van der Waals surface area contributed by atoms with Crippen molar-refractivity contribution in [3.63, 3.8) is 0 Å². The van der Waals surface area contributed by atoms with Gasteiger partial charge in [-0.1, -0.05) is 25.3 Å². The van der Waals surface area contributed by atoms with Gasteiger partial charge in [-0.3, -0.25) is 0 Å². The van der Waals surface area contributed by atoms with E-state index in [4.69, 9.17) is 10.8 Å². The van der Waals surface area contributed by atoms with Crippen molar-refractivity contribution in [2.24, 2.45) is 11.7 Å². The molecular formula is C15H23NOS. The molecule has 1 aliphatic rings. The summed E-state index contributed by atoms with van der Waals surface area (Å²) in [4.78, 5) is 1.28. The Bertz CT molecular complexity index is 380. The smallest absolute Gasteiger partial charge is 0.0449 e. The van der Waals surface area contributed by atoms with E-state index >= 15 is 0 Å². The molecule has 0 aromatic carbocycles. The van der Waals surface area contributed by atoms with Crippen LogP contribution in [-0.4, -0.2) is 11.7 Å². The fraction of sp³-hybridized carbons (Fsp3) is 0.600. The molecule has 2 rings (SSSR count). The molecule has 1 aromatic rings. The van der Waals surface area contributed by atoms with E-state index < -0.39 is 0 Å². The largest absolute Gasteiger partial charge is 0.396 e. The van der Waals surface area contributed by atoms with Crippen molar-refractivity contribution in [1.82, 2.24) is 0 Å². The van der Waals surface area contributed by atoms with Crippen LogP contribution in [0.5, 0.6) is 0 Å². The van der Waals surface area contributed by atoms with Gasteiger partial charge < -0.3 is 10.8 Å². The van der Waals surface area contributed by atoms with Crippen molar-refractivity contribution in [2.45, 2.75) is 44.6 Å². The maximum absolute atomic E-state index is 8.89. The predicted octanol–water partition coefficient (Wildman–Crippen LogP) is 3.72. The minimum atomic E-state index is -0.0249. The molecule has 1 atom stereocenters. The van der Waals surface area contributed by atoms with Crippen molar-refractivity contribution in [3.05, 3.63) is 28.0 Å². The van der Waals surface area contributed by atoms with Crippen molar-refractivity contribution in [2.75, 3.05) is 6.61 Å². The van der Waals surface area contributed by atoms with Crippen LogP contribution < -0.4 is 5.73 Å². The van der Waals surface area contributed by atoms with Crippen molar-refractivity contribution < 1.29 is 5.11 Å². The Hall–Kier alpha value is -0.640. The first-order valence-corrected chi connectivity index (χ1v) is 7.80. The van der Waals surface area contributed by atoms with E-state index in [0.717, 1.165) is 11.5 Å². The molecular weight excluding hydrogens is 242 g/mol. The lowest BCUT2D eigenvalue weighted by Crippen LogP contribution is -2.10. The van der Waals surface area contributed by atoms with Gasteiger partial charge in [0.1, 0.15) is 0 Å². The molecule has 18 heavy (non-hydrogen) atoms. The highest BCUT2D eigenvalue weighted by molar-refractivity contribution is 7.11. The number of allylic oxidation sites excluding steroid dienone is 1. The summed E-state index contributed by atoms with van der Waals surface area (Å²) in [6.07, 6.45) is 12.1. The molecule has 0 spiro atoms. The maximum Gasteiger partial charge on any atom is 0.0449 e. The number of nitrogens with two attached hydrogens (primary N) is 1. The van der Waals surface area contributed by atoms with Crippen molar-refractivity contribution in [1.29, 1.82) is 0 Å². The lowest BCUT2D eigenvalue weighted by molar-refractivity contribution is 0.276. The highest BCUT2D eigenvalue weighted by Gasteiger charge is 2.10. The molecule has 0 aliphatic heterocycles. The highest BCUT2D eigenvalue weighted by atomic mass is 32.1. The van der Waals surface area contributed by atoms with E-state index in [-0.39, 0.29) is 12.6 Å². The summed E-state index contributed by atoms with van der Waals surface area (Å²) in [5.41, 5.74) is 7.13. The first-order valence-electron chi connectivity index (χ1n) is 6.92. The molecule has 0 bridgehead atoms. The van der Waals surface area contributed by atoms with Crippen LogP contribution >= 0.6 is 11.3 Å². The molecule has 1 aromatic heterocycles. The van der Waals surface area contributed by atoms with Crippen molar-refractivity contribution in [3.8, 4) is 0 Å². The molecule has 100 valence electrons. The third-order valence-electron chi connectivity index (χ3n) is 3.69. The third-order valence-corrected chi connectivity index (χ3v) is 4.61. The van der Waals surface area contributed by atoms with Gasteiger partial charge in [0, 0.05) is 17.5 Å². The Kier molecular flexibility index (Phi) is 5.42. The van der Waals surface area contributed by atoms with Gasteiger partial charge in [-0.25, -0.2) is 0 Å². The topological polar surface area (TPSA) is 46.2 Å². The molecule has 3 heteroatoms. The van der Waals surface area contributed by atoms with Gasteiger partial charge in [-0.2, -0.15) is 0 Å². The van der Waals surface area contributed by atoms with E-state index in [1.807, 2.05) is 0 Å².